The molecule has 22 heavy (non-hydrogen) atoms. The molecule has 3 rings (SSSR count). The second-order valence-corrected chi connectivity index (χ2v) is 6.24. The Kier molecular flexibility index (Phi) is 4.35. The molecule has 116 valence electrons. The van der Waals surface area contributed by atoms with Crippen LogP contribution >= 0.6 is 11.3 Å². The Balaban J connectivity index is 1.65. The predicted octanol–water partition coefficient (Wildman–Crippen LogP) is 0.139. The highest BCUT2D eigenvalue weighted by atomic mass is 32.1. The van der Waals surface area contributed by atoms with Crippen LogP contribution in [-0.2, 0) is 4.79 Å². The van der Waals surface area contributed by atoms with E-state index in [-0.39, 0.29) is 11.7 Å². The van der Waals surface area contributed by atoms with Gasteiger partial charge in [0, 0.05) is 10.9 Å². The van der Waals surface area contributed by atoms with E-state index in [1.54, 1.807) is 23.5 Å². The first-order valence-corrected chi connectivity index (χ1v) is 8.08. The molecule has 1 aromatic heterocycles. The summed E-state index contributed by atoms with van der Waals surface area (Å²) in [6, 6.07) is 6.37. The summed E-state index contributed by atoms with van der Waals surface area (Å²) < 4.78 is 13.0. The van der Waals surface area contributed by atoms with Crippen LogP contribution in [0, 0.1) is 5.82 Å². The van der Waals surface area contributed by atoms with E-state index in [0.29, 0.717) is 6.54 Å². The van der Waals surface area contributed by atoms with Crippen molar-refractivity contribution in [2.45, 2.75) is 0 Å². The van der Waals surface area contributed by atoms with Crippen molar-refractivity contribution < 1.29 is 14.1 Å². The number of carbonyl (C=O) groups is 1. The zero-order valence-corrected chi connectivity index (χ0v) is 12.9. The summed E-state index contributed by atoms with van der Waals surface area (Å²) in [6.45, 7) is 3.88. The molecular weight excluding hydrogens is 303 g/mol. The van der Waals surface area contributed by atoms with E-state index >= 15 is 0 Å². The third-order valence-corrected chi connectivity index (χ3v) is 4.70. The van der Waals surface area contributed by atoms with Gasteiger partial charge in [0.25, 0.3) is 5.91 Å². The molecule has 5 nitrogen and oxygen atoms in total. The minimum atomic E-state index is -0.253. The summed E-state index contributed by atoms with van der Waals surface area (Å²) in [5.41, 5.74) is 7.02. The molecule has 1 aliphatic rings. The van der Waals surface area contributed by atoms with Crippen LogP contribution in [0.5, 0.6) is 0 Å². The number of benzene rings is 1. The van der Waals surface area contributed by atoms with E-state index in [1.807, 2.05) is 5.38 Å². The zero-order valence-electron chi connectivity index (χ0n) is 12.1. The Bertz CT molecular complexity index is 650. The quantitative estimate of drug-likeness (QED) is 0.842. The molecule has 3 N–H and O–H groups in total. The number of hydrogen-bond acceptors (Lipinski definition) is 4. The highest BCUT2D eigenvalue weighted by Crippen LogP contribution is 2.27. The number of primary amides is 1. The highest BCUT2D eigenvalue weighted by Gasteiger charge is 2.23. The fourth-order valence-electron chi connectivity index (χ4n) is 2.60. The molecule has 1 aromatic carbocycles. The number of aromatic nitrogens is 1. The van der Waals surface area contributed by atoms with Crippen LogP contribution < -0.4 is 15.5 Å². The maximum absolute atomic E-state index is 13.0. The highest BCUT2D eigenvalue weighted by molar-refractivity contribution is 7.14. The van der Waals surface area contributed by atoms with Crippen molar-refractivity contribution in [1.29, 1.82) is 0 Å². The SMILES string of the molecule is NC(=O)C[NH+]1CCN(c2nc(-c3ccc(F)cc3)cs2)CC1. The van der Waals surface area contributed by atoms with Crippen LogP contribution in [-0.4, -0.2) is 43.6 Å². The summed E-state index contributed by atoms with van der Waals surface area (Å²) in [6.07, 6.45) is 0. The molecule has 1 amide bonds. The minimum absolute atomic E-state index is 0.243. The van der Waals surface area contributed by atoms with Crippen molar-refractivity contribution in [2.75, 3.05) is 37.6 Å². The first-order valence-electron chi connectivity index (χ1n) is 7.20. The average Bonchev–Trinajstić information content (AvgIpc) is 2.98. The van der Waals surface area contributed by atoms with Crippen LogP contribution in [0.15, 0.2) is 29.6 Å². The normalized spacial score (nSPS) is 16.0. The van der Waals surface area contributed by atoms with E-state index in [1.165, 1.54) is 17.0 Å². The number of nitrogens with one attached hydrogen (secondary N) is 1. The number of carbonyl (C=O) groups excluding carboxylic acids is 1. The summed E-state index contributed by atoms with van der Waals surface area (Å²) in [5, 5.41) is 2.96. The number of nitrogens with two attached hydrogens (primary N) is 1. The Morgan fingerprint density at radius 3 is 2.64 bits per heavy atom. The van der Waals surface area contributed by atoms with Crippen molar-refractivity contribution in [3.05, 3.63) is 35.5 Å². The molecular formula is C15H18FN4OS+. The van der Waals surface area contributed by atoms with E-state index in [9.17, 15) is 9.18 Å². The van der Waals surface area contributed by atoms with Crippen LogP contribution in [0.25, 0.3) is 11.3 Å². The number of thiazole rings is 1. The average molecular weight is 321 g/mol. The number of halogens is 1. The van der Waals surface area contributed by atoms with Gasteiger partial charge in [-0.25, -0.2) is 9.37 Å². The molecule has 0 saturated carbocycles. The van der Waals surface area contributed by atoms with Crippen LogP contribution in [0.4, 0.5) is 9.52 Å². The second-order valence-electron chi connectivity index (χ2n) is 5.40. The lowest BCUT2D eigenvalue weighted by Gasteiger charge is -2.31. The Morgan fingerprint density at radius 1 is 1.32 bits per heavy atom. The second kappa shape index (κ2) is 6.41. The Morgan fingerprint density at radius 2 is 2.00 bits per heavy atom. The van der Waals surface area contributed by atoms with Gasteiger partial charge in [0.05, 0.1) is 31.9 Å². The number of hydrogen-bond donors (Lipinski definition) is 2. The standard InChI is InChI=1S/C15H17FN4OS/c16-12-3-1-11(2-4-12)13-10-22-15(18-13)20-7-5-19(6-8-20)9-14(17)21/h1-4,10H,5-9H2,(H2,17,21)/p+1. The Labute approximate surface area is 132 Å². The summed E-state index contributed by atoms with van der Waals surface area (Å²) in [4.78, 5) is 19.0. The summed E-state index contributed by atoms with van der Waals surface area (Å²) in [7, 11) is 0. The first kappa shape index (κ1) is 14.9. The molecule has 1 saturated heterocycles. The van der Waals surface area contributed by atoms with E-state index in [2.05, 4.69) is 9.88 Å². The van der Waals surface area contributed by atoms with Gasteiger partial charge in [-0.15, -0.1) is 11.3 Å². The van der Waals surface area contributed by atoms with Crippen LogP contribution in [0.2, 0.25) is 0 Å². The number of rotatable bonds is 4. The third kappa shape index (κ3) is 3.42. The third-order valence-electron chi connectivity index (χ3n) is 3.80. The van der Waals surface area contributed by atoms with Crippen molar-refractivity contribution in [3.63, 3.8) is 0 Å². The molecule has 7 heteroatoms. The van der Waals surface area contributed by atoms with Gasteiger partial charge in [-0.2, -0.15) is 0 Å². The fraction of sp³-hybridized carbons (Fsp3) is 0.333. The largest absolute Gasteiger partial charge is 0.365 e. The fourth-order valence-corrected chi connectivity index (χ4v) is 3.49. The van der Waals surface area contributed by atoms with Crippen molar-refractivity contribution in [2.24, 2.45) is 5.73 Å². The lowest BCUT2D eigenvalue weighted by atomic mass is 10.2. The monoisotopic (exact) mass is 321 g/mol. The van der Waals surface area contributed by atoms with Gasteiger partial charge in [-0.05, 0) is 24.3 Å². The number of nitrogens with zero attached hydrogens (tertiary/aromatic N) is 2. The topological polar surface area (TPSA) is 63.7 Å². The molecule has 2 heterocycles. The lowest BCUT2D eigenvalue weighted by Crippen LogP contribution is -3.15. The van der Waals surface area contributed by atoms with Gasteiger partial charge < -0.3 is 15.5 Å². The maximum Gasteiger partial charge on any atom is 0.272 e. The van der Waals surface area contributed by atoms with E-state index < -0.39 is 0 Å². The van der Waals surface area contributed by atoms with Gasteiger partial charge in [0.15, 0.2) is 11.7 Å². The molecule has 0 atom stereocenters. The zero-order chi connectivity index (χ0) is 15.5. The molecule has 0 unspecified atom stereocenters. The molecule has 2 aromatic rings. The minimum Gasteiger partial charge on any atom is -0.365 e. The number of anilines is 1. The molecule has 1 aliphatic heterocycles. The predicted molar refractivity (Wildman–Crippen MR) is 84.5 cm³/mol. The van der Waals surface area contributed by atoms with Gasteiger partial charge >= 0.3 is 0 Å². The van der Waals surface area contributed by atoms with Crippen molar-refractivity contribution in [1.82, 2.24) is 4.98 Å². The van der Waals surface area contributed by atoms with Crippen LogP contribution in [0.1, 0.15) is 0 Å². The number of amides is 1. The van der Waals surface area contributed by atoms with E-state index in [0.717, 1.165) is 42.6 Å². The summed E-state index contributed by atoms with van der Waals surface area (Å²) >= 11 is 1.59. The lowest BCUT2D eigenvalue weighted by molar-refractivity contribution is -0.892. The van der Waals surface area contributed by atoms with Crippen molar-refractivity contribution in [3.8, 4) is 11.3 Å². The smallest absolute Gasteiger partial charge is 0.272 e. The molecule has 0 radical (unpaired) electrons. The Hall–Kier alpha value is -1.99. The number of quaternary nitrogens is 1. The number of piperazine rings is 1. The maximum atomic E-state index is 13.0. The van der Waals surface area contributed by atoms with Gasteiger partial charge in [0.2, 0.25) is 0 Å². The molecule has 0 aliphatic carbocycles. The van der Waals surface area contributed by atoms with Crippen LogP contribution in [0.3, 0.4) is 0 Å². The molecule has 0 spiro atoms. The molecule has 1 fully saturated rings. The van der Waals surface area contributed by atoms with Crippen molar-refractivity contribution >= 4 is 22.4 Å². The van der Waals surface area contributed by atoms with Gasteiger partial charge in [0.1, 0.15) is 5.82 Å². The molecule has 0 bridgehead atoms. The summed E-state index contributed by atoms with van der Waals surface area (Å²) in [5.74, 6) is -0.496. The van der Waals surface area contributed by atoms with E-state index in [4.69, 9.17) is 5.73 Å². The van der Waals surface area contributed by atoms with Gasteiger partial charge in [-0.3, -0.25) is 4.79 Å². The van der Waals surface area contributed by atoms with Gasteiger partial charge in [-0.1, -0.05) is 0 Å². The first-order chi connectivity index (χ1) is 10.6.